The van der Waals surface area contributed by atoms with Gasteiger partial charge in [0.1, 0.15) is 6.79 Å². The number of hydrogen-bond donors (Lipinski definition) is 1. The Morgan fingerprint density at radius 3 is 2.64 bits per heavy atom. The highest BCUT2D eigenvalue weighted by Gasteiger charge is 2.53. The van der Waals surface area contributed by atoms with Gasteiger partial charge in [-0.05, 0) is 66.2 Å². The van der Waals surface area contributed by atoms with Crippen LogP contribution in [-0.4, -0.2) is 36.0 Å². The van der Waals surface area contributed by atoms with Gasteiger partial charge in [-0.3, -0.25) is 4.90 Å². The van der Waals surface area contributed by atoms with Gasteiger partial charge in [-0.25, -0.2) is 4.79 Å². The van der Waals surface area contributed by atoms with Crippen LogP contribution in [0.25, 0.3) is 0 Å². The molecule has 1 aromatic carbocycles. The van der Waals surface area contributed by atoms with Crippen molar-refractivity contribution in [1.29, 1.82) is 0 Å². The van der Waals surface area contributed by atoms with Crippen LogP contribution >= 0.6 is 22.6 Å². The molecule has 28 heavy (non-hydrogen) atoms. The van der Waals surface area contributed by atoms with E-state index in [0.717, 1.165) is 47.7 Å². The molecule has 6 heteroatoms. The Morgan fingerprint density at radius 2 is 2.07 bits per heavy atom. The third kappa shape index (κ3) is 4.33. The van der Waals surface area contributed by atoms with E-state index in [1.165, 1.54) is 6.42 Å². The van der Waals surface area contributed by atoms with Crippen LogP contribution in [0.15, 0.2) is 24.3 Å². The summed E-state index contributed by atoms with van der Waals surface area (Å²) >= 11 is 2.30. The molecule has 3 rings (SSSR count). The van der Waals surface area contributed by atoms with Gasteiger partial charge in [0.05, 0.1) is 0 Å². The van der Waals surface area contributed by atoms with Crippen molar-refractivity contribution in [2.75, 3.05) is 13.9 Å². The minimum absolute atomic E-state index is 0.0192. The molecule has 2 saturated carbocycles. The van der Waals surface area contributed by atoms with E-state index >= 15 is 0 Å². The molecule has 2 bridgehead atoms. The molecule has 2 fully saturated rings. The Labute approximate surface area is 181 Å². The maximum Gasteiger partial charge on any atom is 0.410 e. The average Bonchev–Trinajstić information content (AvgIpc) is 3.29. The zero-order valence-electron chi connectivity index (χ0n) is 16.9. The topological polar surface area (TPSA) is 59.0 Å². The van der Waals surface area contributed by atoms with Crippen LogP contribution < -0.4 is 0 Å². The highest BCUT2D eigenvalue weighted by molar-refractivity contribution is 14.1. The largest absolute Gasteiger partial charge is 0.465 e. The van der Waals surface area contributed by atoms with Gasteiger partial charge >= 0.3 is 6.09 Å². The first kappa shape index (κ1) is 21.8. The first-order valence-electron chi connectivity index (χ1n) is 10.4. The predicted molar refractivity (Wildman–Crippen MR) is 117 cm³/mol. The number of nitrogens with zero attached hydrogens (tertiary/aromatic N) is 1. The number of benzene rings is 1. The molecule has 2 aliphatic carbocycles. The molecular weight excluding hydrogens is 469 g/mol. The molecule has 4 unspecified atom stereocenters. The van der Waals surface area contributed by atoms with Crippen molar-refractivity contribution in [2.24, 2.45) is 11.8 Å². The van der Waals surface area contributed by atoms with Crippen LogP contribution in [0.1, 0.15) is 63.9 Å². The lowest BCUT2D eigenvalue weighted by Crippen LogP contribution is -2.57. The lowest BCUT2D eigenvalue weighted by atomic mass is 9.88. The summed E-state index contributed by atoms with van der Waals surface area (Å²) in [7, 11) is 1.59. The second-order valence-electron chi connectivity index (χ2n) is 8.17. The Morgan fingerprint density at radius 1 is 1.29 bits per heavy atom. The molecule has 5 nitrogen and oxygen atoms in total. The summed E-state index contributed by atoms with van der Waals surface area (Å²) < 4.78 is 12.7. The predicted octanol–water partition coefficient (Wildman–Crippen LogP) is 5.81. The monoisotopic (exact) mass is 501 g/mol. The maximum atomic E-state index is 12.7. The molecule has 0 spiro atoms. The Kier molecular flexibility index (Phi) is 7.61. The minimum Gasteiger partial charge on any atom is -0.465 e. The molecule has 1 aromatic rings. The molecule has 0 heterocycles. The van der Waals surface area contributed by atoms with Gasteiger partial charge in [-0.1, -0.05) is 44.4 Å². The summed E-state index contributed by atoms with van der Waals surface area (Å²) in [6.45, 7) is 2.23. The summed E-state index contributed by atoms with van der Waals surface area (Å²) in [4.78, 5) is 14.4. The quantitative estimate of drug-likeness (QED) is 0.250. The van der Waals surface area contributed by atoms with Crippen LogP contribution in [0.4, 0.5) is 4.79 Å². The lowest BCUT2D eigenvalue weighted by molar-refractivity contribution is -0.218. The van der Waals surface area contributed by atoms with Crippen molar-refractivity contribution in [3.8, 4) is 0 Å². The van der Waals surface area contributed by atoms with E-state index in [1.807, 2.05) is 24.3 Å². The van der Waals surface area contributed by atoms with Gasteiger partial charge in [0.25, 0.3) is 0 Å². The number of fused-ring (bicyclic) bond motifs is 2. The molecule has 156 valence electrons. The van der Waals surface area contributed by atoms with Crippen molar-refractivity contribution in [3.63, 3.8) is 0 Å². The molecule has 0 radical (unpaired) electrons. The zero-order chi connectivity index (χ0) is 20.1. The first-order valence-corrected chi connectivity index (χ1v) is 11.5. The Balaban J connectivity index is 2.07. The fourth-order valence-corrected chi connectivity index (χ4v) is 6.05. The highest BCUT2D eigenvalue weighted by Crippen LogP contribution is 2.51. The Bertz CT molecular complexity index is 670. The van der Waals surface area contributed by atoms with E-state index in [9.17, 15) is 9.90 Å². The molecule has 0 saturated heterocycles. The number of ether oxygens (including phenoxy) is 2. The van der Waals surface area contributed by atoms with E-state index < -0.39 is 11.8 Å². The van der Waals surface area contributed by atoms with Gasteiger partial charge in [0.15, 0.2) is 5.72 Å². The van der Waals surface area contributed by atoms with Gasteiger partial charge in [0.2, 0.25) is 0 Å². The maximum absolute atomic E-state index is 12.7. The van der Waals surface area contributed by atoms with Crippen molar-refractivity contribution in [1.82, 2.24) is 4.90 Å². The minimum atomic E-state index is -1.01. The molecule has 0 aromatic heterocycles. The Hall–Kier alpha value is -0.860. The normalized spacial score (nSPS) is 25.6. The first-order chi connectivity index (χ1) is 13.5. The number of hydrogen-bond acceptors (Lipinski definition) is 3. The summed E-state index contributed by atoms with van der Waals surface area (Å²) in [6, 6.07) is 8.03. The lowest BCUT2D eigenvalue weighted by Gasteiger charge is -2.47. The number of amides is 1. The highest BCUT2D eigenvalue weighted by atomic mass is 127. The molecule has 4 atom stereocenters. The van der Waals surface area contributed by atoms with E-state index in [-0.39, 0.29) is 12.8 Å². The average molecular weight is 501 g/mol. The summed E-state index contributed by atoms with van der Waals surface area (Å²) in [6.07, 6.45) is 7.26. The number of carbonyl (C=O) groups is 1. The second kappa shape index (κ2) is 9.76. The summed E-state index contributed by atoms with van der Waals surface area (Å²) in [5, 5.41) is 10.4. The summed E-state index contributed by atoms with van der Waals surface area (Å²) in [5.41, 5.74) is -0.0712. The fourth-order valence-electron chi connectivity index (χ4n) is 5.24. The molecular formula is C22H32INO4. The second-order valence-corrected chi connectivity index (χ2v) is 9.33. The smallest absolute Gasteiger partial charge is 0.410 e. The van der Waals surface area contributed by atoms with E-state index in [4.69, 9.17) is 9.47 Å². The van der Waals surface area contributed by atoms with Crippen LogP contribution in [0.5, 0.6) is 0 Å². The van der Waals surface area contributed by atoms with Crippen molar-refractivity contribution >= 4 is 28.7 Å². The van der Waals surface area contributed by atoms with Gasteiger partial charge < -0.3 is 14.6 Å². The van der Waals surface area contributed by atoms with Crippen molar-refractivity contribution in [3.05, 3.63) is 33.4 Å². The van der Waals surface area contributed by atoms with Crippen LogP contribution in [0, 0.1) is 15.4 Å². The number of rotatable bonds is 10. The number of methoxy groups -OCH3 is 1. The molecule has 0 aliphatic heterocycles. The van der Waals surface area contributed by atoms with Crippen LogP contribution in [0.3, 0.4) is 0 Å². The van der Waals surface area contributed by atoms with E-state index in [2.05, 4.69) is 29.5 Å². The molecule has 1 amide bonds. The van der Waals surface area contributed by atoms with Gasteiger partial charge in [-0.2, -0.15) is 0 Å². The molecule has 2 aliphatic rings. The zero-order valence-corrected chi connectivity index (χ0v) is 19.1. The van der Waals surface area contributed by atoms with Crippen LogP contribution in [0.2, 0.25) is 0 Å². The number of halogens is 1. The van der Waals surface area contributed by atoms with Gasteiger partial charge in [-0.15, -0.1) is 0 Å². The van der Waals surface area contributed by atoms with Gasteiger partial charge in [0, 0.05) is 28.7 Å². The van der Waals surface area contributed by atoms with Crippen molar-refractivity contribution < 1.29 is 19.4 Å². The standard InChI is InChI=1S/C22H32INO4/c1-3-4-7-12-22(28-15-27-2,18-8-5-6-9-19(18)23)24(21(25)26)20-14-16-10-11-17(20)13-16/h5-6,8-9,16-17,20H,3-4,7,10-15H2,1-2H3,(H,25,26). The number of unbranched alkanes of at least 4 members (excludes halogenated alkanes) is 2. The van der Waals surface area contributed by atoms with Crippen molar-refractivity contribution in [2.45, 2.75) is 70.1 Å². The third-order valence-electron chi connectivity index (χ3n) is 6.46. The molecule has 1 N–H and O–H groups in total. The van der Waals surface area contributed by atoms with E-state index in [1.54, 1.807) is 12.0 Å². The third-order valence-corrected chi connectivity index (χ3v) is 7.40. The van der Waals surface area contributed by atoms with E-state index in [0.29, 0.717) is 18.3 Å². The van der Waals surface area contributed by atoms with Crippen LogP contribution in [-0.2, 0) is 15.2 Å². The number of carboxylic acid groups (broad SMARTS) is 1. The fraction of sp³-hybridized carbons (Fsp3) is 0.682. The summed E-state index contributed by atoms with van der Waals surface area (Å²) in [5.74, 6) is 1.10. The SMILES string of the molecule is CCCCCC(OCOC)(c1ccccc1I)N(C(=O)O)C1CC2CCC1C2.